The summed E-state index contributed by atoms with van der Waals surface area (Å²) < 4.78 is 0. The molecule has 13 heavy (non-hydrogen) atoms. The maximum atomic E-state index is 11.1. The van der Waals surface area contributed by atoms with Crippen LogP contribution in [0.1, 0.15) is 32.3 Å². The largest absolute Gasteiger partial charge is 0.326 e. The second kappa shape index (κ2) is 2.87. The minimum Gasteiger partial charge on any atom is -0.326 e. The number of anilines is 1. The molecule has 2 nitrogen and oxygen atoms in total. The highest BCUT2D eigenvalue weighted by Crippen LogP contribution is 2.26. The summed E-state index contributed by atoms with van der Waals surface area (Å²) in [5.41, 5.74) is 3.39. The first kappa shape index (κ1) is 8.30. The number of carbonyl (C=O) groups excluding carboxylic acids is 1. The molecule has 0 unspecified atom stereocenters. The van der Waals surface area contributed by atoms with E-state index >= 15 is 0 Å². The van der Waals surface area contributed by atoms with Crippen LogP contribution in [0.5, 0.6) is 0 Å². The lowest BCUT2D eigenvalue weighted by Gasteiger charge is -2.06. The average Bonchev–Trinajstić information content (AvgIpc) is 2.42. The second-order valence-electron chi connectivity index (χ2n) is 3.80. The number of hydrogen-bond donors (Lipinski definition) is 1. The number of carbonyl (C=O) groups is 1. The van der Waals surface area contributed by atoms with Crippen molar-refractivity contribution >= 4 is 11.6 Å². The summed E-state index contributed by atoms with van der Waals surface area (Å²) in [7, 11) is 0. The molecular weight excluding hydrogens is 162 g/mol. The topological polar surface area (TPSA) is 29.1 Å². The standard InChI is InChI=1S/C11H13NO.H2/c1-7(2)8-3-4-9-6-11(13)12-10(9)5-8;/h3-5,7H,6H2,1-2H3,(H,12,13);1H. The Morgan fingerprint density at radius 3 is 2.92 bits per heavy atom. The number of benzene rings is 1. The first-order chi connectivity index (χ1) is 6.16. The second-order valence-corrected chi connectivity index (χ2v) is 3.80. The molecule has 1 aromatic rings. The number of hydrogen-bond acceptors (Lipinski definition) is 1. The van der Waals surface area contributed by atoms with Gasteiger partial charge in [0.1, 0.15) is 0 Å². The molecule has 1 aromatic carbocycles. The summed E-state index contributed by atoms with van der Waals surface area (Å²) in [5.74, 6) is 0.624. The van der Waals surface area contributed by atoms with E-state index in [-0.39, 0.29) is 7.33 Å². The van der Waals surface area contributed by atoms with E-state index in [4.69, 9.17) is 0 Å². The van der Waals surface area contributed by atoms with Crippen molar-refractivity contribution in [1.29, 1.82) is 0 Å². The fourth-order valence-electron chi connectivity index (χ4n) is 1.59. The van der Waals surface area contributed by atoms with Crippen LogP contribution in [-0.4, -0.2) is 5.91 Å². The Morgan fingerprint density at radius 2 is 2.23 bits per heavy atom. The van der Waals surface area contributed by atoms with Crippen LogP contribution in [0.4, 0.5) is 5.69 Å². The predicted octanol–water partition coefficient (Wildman–Crippen LogP) is 2.55. The lowest BCUT2D eigenvalue weighted by molar-refractivity contribution is -0.115. The van der Waals surface area contributed by atoms with Crippen molar-refractivity contribution in [2.45, 2.75) is 26.2 Å². The molecule has 1 aliphatic heterocycles. The molecular formula is C11H15NO. The van der Waals surface area contributed by atoms with Crippen molar-refractivity contribution < 1.29 is 6.22 Å². The molecule has 0 radical (unpaired) electrons. The Hall–Kier alpha value is -1.31. The summed E-state index contributed by atoms with van der Waals surface area (Å²) >= 11 is 0. The molecule has 1 N–H and O–H groups in total. The zero-order valence-electron chi connectivity index (χ0n) is 7.92. The van der Waals surface area contributed by atoms with Gasteiger partial charge < -0.3 is 5.32 Å². The Labute approximate surface area is 79.4 Å². The van der Waals surface area contributed by atoms with Crippen LogP contribution in [0.15, 0.2) is 18.2 Å². The minimum absolute atomic E-state index is 0. The molecule has 70 valence electrons. The Balaban J connectivity index is 0.000000980. The van der Waals surface area contributed by atoms with E-state index in [1.807, 2.05) is 6.07 Å². The third-order valence-electron chi connectivity index (χ3n) is 2.43. The smallest absolute Gasteiger partial charge is 0.228 e. The number of amides is 1. The maximum absolute atomic E-state index is 11.1. The molecule has 0 fully saturated rings. The average molecular weight is 177 g/mol. The summed E-state index contributed by atoms with van der Waals surface area (Å²) in [6.45, 7) is 4.30. The summed E-state index contributed by atoms with van der Waals surface area (Å²) in [4.78, 5) is 11.1. The van der Waals surface area contributed by atoms with Gasteiger partial charge in [0.05, 0.1) is 6.42 Å². The highest BCUT2D eigenvalue weighted by Gasteiger charge is 2.17. The summed E-state index contributed by atoms with van der Waals surface area (Å²) in [6, 6.07) is 6.22. The molecule has 0 spiro atoms. The van der Waals surface area contributed by atoms with Gasteiger partial charge in [0.25, 0.3) is 0 Å². The third-order valence-corrected chi connectivity index (χ3v) is 2.43. The zero-order chi connectivity index (χ0) is 9.42. The highest BCUT2D eigenvalue weighted by molar-refractivity contribution is 5.99. The SMILES string of the molecule is CC(C)c1ccc2c(c1)NC(=O)C2.[HH]. The van der Waals surface area contributed by atoms with Crippen LogP contribution in [-0.2, 0) is 11.2 Å². The van der Waals surface area contributed by atoms with Gasteiger partial charge in [-0.05, 0) is 23.1 Å². The van der Waals surface area contributed by atoms with Gasteiger partial charge >= 0.3 is 0 Å². The molecule has 0 aliphatic carbocycles. The monoisotopic (exact) mass is 177 g/mol. The van der Waals surface area contributed by atoms with Gasteiger partial charge in [0.2, 0.25) is 5.91 Å². The van der Waals surface area contributed by atoms with Crippen LogP contribution in [0.25, 0.3) is 0 Å². The molecule has 1 aliphatic rings. The van der Waals surface area contributed by atoms with Gasteiger partial charge in [-0.25, -0.2) is 0 Å². The van der Waals surface area contributed by atoms with Gasteiger partial charge in [-0.2, -0.15) is 0 Å². The van der Waals surface area contributed by atoms with Crippen molar-refractivity contribution in [3.8, 4) is 0 Å². The molecule has 0 saturated carbocycles. The van der Waals surface area contributed by atoms with Gasteiger partial charge in [0.15, 0.2) is 0 Å². The minimum atomic E-state index is 0. The van der Waals surface area contributed by atoms with Gasteiger partial charge in [0, 0.05) is 7.11 Å². The third kappa shape index (κ3) is 1.44. The predicted molar refractivity (Wildman–Crippen MR) is 55.0 cm³/mol. The van der Waals surface area contributed by atoms with Crippen LogP contribution in [0, 0.1) is 0 Å². The van der Waals surface area contributed by atoms with E-state index in [0.717, 1.165) is 11.3 Å². The van der Waals surface area contributed by atoms with E-state index in [1.54, 1.807) is 0 Å². The molecule has 2 rings (SSSR count). The van der Waals surface area contributed by atoms with Crippen molar-refractivity contribution in [3.63, 3.8) is 0 Å². The lowest BCUT2D eigenvalue weighted by Crippen LogP contribution is -2.03. The normalized spacial score (nSPS) is 14.5. The highest BCUT2D eigenvalue weighted by atomic mass is 16.1. The van der Waals surface area contributed by atoms with Gasteiger partial charge in [-0.1, -0.05) is 26.0 Å². The molecule has 2 heteroatoms. The lowest BCUT2D eigenvalue weighted by atomic mass is 10.0. The van der Waals surface area contributed by atoms with E-state index < -0.39 is 0 Å². The number of nitrogens with one attached hydrogen (secondary N) is 1. The van der Waals surface area contributed by atoms with Gasteiger partial charge in [-0.15, -0.1) is 0 Å². The zero-order valence-corrected chi connectivity index (χ0v) is 7.92. The fraction of sp³-hybridized carbons (Fsp3) is 0.364. The molecule has 0 aromatic heterocycles. The van der Waals surface area contributed by atoms with Crippen LogP contribution in [0.2, 0.25) is 0 Å². The fourth-order valence-corrected chi connectivity index (χ4v) is 1.59. The van der Waals surface area contributed by atoms with E-state index in [0.29, 0.717) is 12.3 Å². The Kier molecular flexibility index (Phi) is 1.83. The Morgan fingerprint density at radius 1 is 1.46 bits per heavy atom. The number of fused-ring (bicyclic) bond motifs is 1. The molecule has 0 bridgehead atoms. The van der Waals surface area contributed by atoms with E-state index in [1.165, 1.54) is 5.56 Å². The van der Waals surface area contributed by atoms with E-state index in [9.17, 15) is 4.79 Å². The van der Waals surface area contributed by atoms with Crippen LogP contribution in [0.3, 0.4) is 0 Å². The first-order valence-corrected chi connectivity index (χ1v) is 4.59. The van der Waals surface area contributed by atoms with Crippen LogP contribution < -0.4 is 5.32 Å². The van der Waals surface area contributed by atoms with Crippen molar-refractivity contribution in [2.24, 2.45) is 0 Å². The first-order valence-electron chi connectivity index (χ1n) is 4.59. The maximum Gasteiger partial charge on any atom is 0.228 e. The quantitative estimate of drug-likeness (QED) is 0.701. The number of rotatable bonds is 1. The Bertz CT molecular complexity index is 360. The van der Waals surface area contributed by atoms with Crippen molar-refractivity contribution in [3.05, 3.63) is 29.3 Å². The molecule has 0 atom stereocenters. The molecule has 1 heterocycles. The van der Waals surface area contributed by atoms with E-state index in [2.05, 4.69) is 31.3 Å². The summed E-state index contributed by atoms with van der Waals surface area (Å²) in [5, 5.41) is 2.85. The molecule has 0 saturated heterocycles. The van der Waals surface area contributed by atoms with Crippen molar-refractivity contribution in [2.75, 3.05) is 5.32 Å². The van der Waals surface area contributed by atoms with Crippen molar-refractivity contribution in [1.82, 2.24) is 0 Å². The van der Waals surface area contributed by atoms with Crippen LogP contribution >= 0.6 is 0 Å². The van der Waals surface area contributed by atoms with Gasteiger partial charge in [-0.3, -0.25) is 4.79 Å². The molecule has 1 amide bonds. The summed E-state index contributed by atoms with van der Waals surface area (Å²) in [6.07, 6.45) is 0.535.